The van der Waals surface area contributed by atoms with E-state index in [9.17, 15) is 38.4 Å². The Labute approximate surface area is 764 Å². The molecular formula is C83H158N34O12. The average Bonchev–Trinajstić information content (AvgIpc) is 1.90. The first-order valence-corrected chi connectivity index (χ1v) is 42.2. The van der Waals surface area contributed by atoms with Gasteiger partial charge in [0, 0.05) is 135 Å². The number of ketones is 4. The molecule has 8 rings (SSSR count). The molecule has 0 saturated heterocycles. The number of unbranched alkanes of at least 4 members (excludes halogenated alkanes) is 2. The average molecular weight is 1820 g/mol. The molecular weight excluding hydrogens is 1670 g/mol. The molecule has 0 aliphatic rings. The van der Waals surface area contributed by atoms with Gasteiger partial charge in [-0.2, -0.15) is 0 Å². The lowest BCUT2D eigenvalue weighted by Gasteiger charge is -2.18. The first kappa shape index (κ1) is 122. The van der Waals surface area contributed by atoms with Crippen molar-refractivity contribution in [3.8, 4) is 0 Å². The van der Waals surface area contributed by atoms with Crippen LogP contribution in [0.5, 0.6) is 0 Å². The summed E-state index contributed by atoms with van der Waals surface area (Å²) in [5.41, 5.74) is 7.24. The van der Waals surface area contributed by atoms with Gasteiger partial charge in [-0.15, -0.1) is 40.8 Å². The molecule has 0 unspecified atom stereocenters. The molecule has 732 valence electrons. The van der Waals surface area contributed by atoms with E-state index in [1.807, 2.05) is 174 Å². The summed E-state index contributed by atoms with van der Waals surface area (Å²) in [6, 6.07) is 0. The molecule has 129 heavy (non-hydrogen) atoms. The Balaban J connectivity index is -0.00000142. The lowest BCUT2D eigenvalue weighted by molar-refractivity contribution is -0.134. The van der Waals surface area contributed by atoms with Gasteiger partial charge in [0.15, 0.2) is 11.6 Å². The van der Waals surface area contributed by atoms with Gasteiger partial charge in [0.25, 0.3) is 0 Å². The van der Waals surface area contributed by atoms with Gasteiger partial charge in [-0.05, 0) is 171 Å². The van der Waals surface area contributed by atoms with Gasteiger partial charge in [-0.1, -0.05) is 64.0 Å². The van der Waals surface area contributed by atoms with Gasteiger partial charge < -0.3 is 70.0 Å². The van der Waals surface area contributed by atoms with Crippen molar-refractivity contribution in [2.45, 2.75) is 202 Å². The summed E-state index contributed by atoms with van der Waals surface area (Å²) in [4.78, 5) is 99.1. The van der Waals surface area contributed by atoms with Crippen LogP contribution in [0, 0.1) is 55.4 Å². The van der Waals surface area contributed by atoms with Crippen molar-refractivity contribution in [1.29, 1.82) is 0 Å². The summed E-state index contributed by atoms with van der Waals surface area (Å²) in [5.74, 6) is 0.363. The molecule has 0 saturated carbocycles. The van der Waals surface area contributed by atoms with Crippen molar-refractivity contribution in [3.63, 3.8) is 0 Å². The highest BCUT2D eigenvalue weighted by Crippen LogP contribution is 2.05. The van der Waals surface area contributed by atoms with Crippen LogP contribution >= 0.6 is 0 Å². The number of Topliss-reactive ketones (excluding diaryl/α,β-unsaturated/α-hetero) is 4. The Kier molecular flexibility index (Phi) is 72.3. The van der Waals surface area contributed by atoms with Crippen molar-refractivity contribution in [3.05, 3.63) is 95.1 Å². The molecule has 46 heteroatoms. The minimum Gasteiger partial charge on any atom is -0.379 e. The number of hydrogen-bond acceptors (Lipinski definition) is 34. The quantitative estimate of drug-likeness (QED) is 0.0340. The van der Waals surface area contributed by atoms with E-state index < -0.39 is 0 Å². The predicted molar refractivity (Wildman–Crippen MR) is 493 cm³/mol. The Hall–Kier alpha value is -10.7. The molecule has 0 atom stereocenters. The highest BCUT2D eigenvalue weighted by Gasteiger charge is 2.15. The van der Waals surface area contributed by atoms with Crippen molar-refractivity contribution in [2.24, 2.45) is 0 Å². The van der Waals surface area contributed by atoms with Gasteiger partial charge in [0.2, 0.25) is 23.6 Å². The fourth-order valence-electron chi connectivity index (χ4n) is 10.2. The molecule has 0 spiro atoms. The number of carbonyl (C=O) groups is 8. The third-order valence-electron chi connectivity index (χ3n) is 16.3. The lowest BCUT2D eigenvalue weighted by atomic mass is 10.1. The normalized spacial score (nSPS) is 10.4. The second-order valence-corrected chi connectivity index (χ2v) is 30.3. The predicted octanol–water partition coefficient (Wildman–Crippen LogP) is 1.99. The summed E-state index contributed by atoms with van der Waals surface area (Å²) >= 11 is 0. The van der Waals surface area contributed by atoms with E-state index in [0.717, 1.165) is 124 Å². The van der Waals surface area contributed by atoms with Crippen molar-refractivity contribution >= 4 is 46.8 Å². The second-order valence-electron chi connectivity index (χ2n) is 30.3. The van der Waals surface area contributed by atoms with Crippen LogP contribution in [0.15, 0.2) is 49.6 Å². The zero-order valence-corrected chi connectivity index (χ0v) is 78.7. The summed E-state index contributed by atoms with van der Waals surface area (Å²) in [6.07, 6.45) is 21.6. The second kappa shape index (κ2) is 76.2. The third kappa shape index (κ3) is 69.9. The molecule has 0 fully saturated rings. The number of hydrogen-bond donors (Lipinski definition) is 5. The van der Waals surface area contributed by atoms with Crippen LogP contribution in [0.1, 0.15) is 139 Å². The van der Waals surface area contributed by atoms with Crippen LogP contribution in [0.4, 0.5) is 0 Å². The van der Waals surface area contributed by atoms with Gasteiger partial charge in [-0.25, -0.2) is 23.4 Å². The Bertz CT molecular complexity index is 4180. The minimum atomic E-state index is -0.194. The van der Waals surface area contributed by atoms with Crippen LogP contribution in [0.2, 0.25) is 0 Å². The summed E-state index contributed by atoms with van der Waals surface area (Å²) < 4.78 is 35.3. The molecule has 8 heterocycles. The Morgan fingerprint density at radius 3 is 0.899 bits per heavy atom. The SMILES string of the molecule is C.C.C.CC(=O)CCOCCn1cc(C)nn1.CC(=O)Cn1cc(C)nn1.CNCCC(=O)N(C)CC(=O)NCCOCCn1cc(C)nn1.CNCCCn1cc(C)nn1.CNCCOCCn1cc(C)nn1.Cc1cn(CCCCC(=O)CN(C)C(=O)CN(C)C)nn1.Cc1cn(CCCCC(=O)CN(C)C)nn1.Cc1cn(CCOCCNC(=O)CN(C)C)nn1. The first-order chi connectivity index (χ1) is 60.1. The van der Waals surface area contributed by atoms with Crippen molar-refractivity contribution in [2.75, 3.05) is 196 Å². The molecule has 0 bridgehead atoms. The molecule has 8 aromatic heterocycles. The van der Waals surface area contributed by atoms with Crippen LogP contribution in [-0.2, 0) is 110 Å². The standard InChI is InChI=1S/C14H26N6O3.C14H25N5O2.C11H21N5O2.C11H20N4O.C9H15N3O2.C8H16N4O.C7H14N4.C6H9N3O.3CH4/c1-12-10-20(18-17-12)7-9-23-8-6-16-13(21)11-19(3)14(22)4-5-15-2;1-12-9-19(16-15-12)8-6-5-7-13(20)10-18(4)14(21)11-17(2)3;1-10-8-16(14-13-10)5-7-18-6-4-12-11(17)9-15(2)3;1-10-8-15(13-12-10)7-5-4-6-11(16)9-14(2)3;1-8-7-12(11-10-8)4-6-14-5-3-9(2)13;1-8-7-12(11-10-8)4-6-13-5-3-9-2;1-7-6-11(10-9-7)5-3-4-8-2;1-5-3-9(8-7-5)4-6(2)10;;;/h10,15H,4-9,11H2,1-3H3,(H,16,21);9H,5-8,10-11H2,1-4H3;8H,4-7,9H2,1-3H3,(H,12,17);8H,4-7,9H2,1-3H3;7H,3-6H2,1-2H3;7,9H,3-6H2,1-2H3;6,8H,3-5H2,1-2H3;3H,4H2,1-2H3;3*1H4. The van der Waals surface area contributed by atoms with Gasteiger partial charge in [0.05, 0.1) is 157 Å². The number of amides is 4. The van der Waals surface area contributed by atoms with Crippen LogP contribution in [0.3, 0.4) is 0 Å². The highest BCUT2D eigenvalue weighted by molar-refractivity contribution is 5.87. The number of aromatic nitrogens is 24. The van der Waals surface area contributed by atoms with Gasteiger partial charge >= 0.3 is 0 Å². The van der Waals surface area contributed by atoms with Gasteiger partial charge in [0.1, 0.15) is 18.1 Å². The van der Waals surface area contributed by atoms with Crippen LogP contribution in [-0.4, -0.2) is 387 Å². The van der Waals surface area contributed by atoms with E-state index in [1.165, 1.54) is 21.4 Å². The monoisotopic (exact) mass is 1820 g/mol. The van der Waals surface area contributed by atoms with Crippen LogP contribution < -0.4 is 26.6 Å². The molecule has 4 amide bonds. The molecule has 46 nitrogen and oxygen atoms in total. The topological polar surface area (TPSA) is 496 Å². The van der Waals surface area contributed by atoms with E-state index in [2.05, 4.69) is 109 Å². The van der Waals surface area contributed by atoms with Gasteiger partial charge in [-0.3, -0.25) is 52.4 Å². The molecule has 8 aromatic rings. The lowest BCUT2D eigenvalue weighted by Crippen LogP contribution is -2.40. The number of aryl methyl sites for hydroxylation is 11. The summed E-state index contributed by atoms with van der Waals surface area (Å²) in [6.45, 7) is 33.3. The zero-order valence-electron chi connectivity index (χ0n) is 78.7. The number of likely N-dealkylation sites (N-methyl/N-ethyl adjacent to an activating group) is 6. The molecule has 0 aromatic carbocycles. The molecule has 0 aliphatic heterocycles. The van der Waals surface area contributed by atoms with E-state index >= 15 is 0 Å². The Morgan fingerprint density at radius 2 is 0.589 bits per heavy atom. The smallest absolute Gasteiger partial charge is 0.239 e. The number of carbonyl (C=O) groups excluding carboxylic acids is 8. The molecule has 5 N–H and O–H groups in total. The maximum atomic E-state index is 11.8. The number of nitrogens with one attached hydrogen (secondary N) is 5. The fourth-order valence-corrected chi connectivity index (χ4v) is 10.2. The van der Waals surface area contributed by atoms with E-state index in [0.29, 0.717) is 143 Å². The highest BCUT2D eigenvalue weighted by atomic mass is 16.5. The molecule has 0 radical (unpaired) electrons. The zero-order chi connectivity index (χ0) is 93.8. The van der Waals surface area contributed by atoms with Crippen LogP contribution in [0.25, 0.3) is 0 Å². The van der Waals surface area contributed by atoms with E-state index in [-0.39, 0.29) is 76.3 Å². The summed E-state index contributed by atoms with van der Waals surface area (Å²) in [5, 5.41) is 76.5. The number of rotatable bonds is 53. The largest absolute Gasteiger partial charge is 0.379 e. The first-order valence-electron chi connectivity index (χ1n) is 42.2. The van der Waals surface area contributed by atoms with Crippen molar-refractivity contribution in [1.82, 2.24) is 171 Å². The maximum Gasteiger partial charge on any atom is 0.239 e. The maximum absolute atomic E-state index is 11.8. The summed E-state index contributed by atoms with van der Waals surface area (Å²) in [7, 11) is 20.1. The minimum absolute atomic E-state index is 0. The third-order valence-corrected chi connectivity index (χ3v) is 16.3. The molecule has 0 aliphatic carbocycles. The fraction of sp³-hybridized carbons (Fsp3) is 0.711. The van der Waals surface area contributed by atoms with Crippen molar-refractivity contribution < 1.29 is 57.3 Å². The van der Waals surface area contributed by atoms with E-state index in [4.69, 9.17) is 18.9 Å². The number of ether oxygens (including phenoxy) is 4. The van der Waals surface area contributed by atoms with E-state index in [1.54, 1.807) is 62.6 Å². The Morgan fingerprint density at radius 1 is 0.295 bits per heavy atom. The number of nitrogens with zero attached hydrogens (tertiary/aromatic N) is 29.